The Morgan fingerprint density at radius 2 is 1.94 bits per heavy atom. The summed E-state index contributed by atoms with van der Waals surface area (Å²) in [4.78, 5) is 26.2. The summed E-state index contributed by atoms with van der Waals surface area (Å²) < 4.78 is 0. The number of hydrogen-bond acceptors (Lipinski definition) is 2. The zero-order valence-electron chi connectivity index (χ0n) is 10.8. The molecule has 0 radical (unpaired) electrons. The fourth-order valence-corrected chi connectivity index (χ4v) is 2.96. The molecule has 1 saturated carbocycles. The molecule has 0 aromatic carbocycles. The highest BCUT2D eigenvalue weighted by molar-refractivity contribution is 5.93. The largest absolute Gasteiger partial charge is 0.342 e. The highest BCUT2D eigenvalue weighted by Crippen LogP contribution is 2.33. The van der Waals surface area contributed by atoms with E-state index in [9.17, 15) is 9.59 Å². The van der Waals surface area contributed by atoms with Crippen molar-refractivity contribution in [3.63, 3.8) is 0 Å². The van der Waals surface area contributed by atoms with Crippen molar-refractivity contribution >= 4 is 11.8 Å². The molecule has 4 heteroatoms. The molecule has 1 spiro atoms. The lowest BCUT2D eigenvalue weighted by molar-refractivity contribution is -0.139. The topological polar surface area (TPSA) is 49.4 Å². The van der Waals surface area contributed by atoms with E-state index in [1.165, 1.54) is 0 Å². The van der Waals surface area contributed by atoms with Crippen LogP contribution in [-0.4, -0.2) is 35.3 Å². The van der Waals surface area contributed by atoms with Crippen LogP contribution in [0.5, 0.6) is 0 Å². The minimum Gasteiger partial charge on any atom is -0.342 e. The fraction of sp³-hybridized carbons (Fsp3) is 0.846. The number of carbonyl (C=O) groups excluding carboxylic acids is 2. The smallest absolute Gasteiger partial charge is 0.248 e. The Hall–Kier alpha value is -1.06. The van der Waals surface area contributed by atoms with E-state index < -0.39 is 5.54 Å². The molecule has 0 bridgehead atoms. The Balaban J connectivity index is 2.19. The van der Waals surface area contributed by atoms with Crippen LogP contribution in [0.15, 0.2) is 0 Å². The van der Waals surface area contributed by atoms with Crippen molar-refractivity contribution in [2.24, 2.45) is 5.92 Å². The number of rotatable bonds is 2. The number of nitrogens with one attached hydrogen (secondary N) is 1. The van der Waals surface area contributed by atoms with E-state index in [0.29, 0.717) is 18.9 Å². The van der Waals surface area contributed by atoms with Gasteiger partial charge in [0.15, 0.2) is 0 Å². The first-order valence-corrected chi connectivity index (χ1v) is 6.64. The molecule has 0 atom stereocenters. The van der Waals surface area contributed by atoms with Crippen LogP contribution in [0.3, 0.4) is 0 Å². The van der Waals surface area contributed by atoms with Crippen LogP contribution in [0.4, 0.5) is 0 Å². The molecular weight excluding hydrogens is 216 g/mol. The summed E-state index contributed by atoms with van der Waals surface area (Å²) in [5.74, 6) is 0.631. The SMILES string of the molecule is CC(C)CN1CCC(=O)NC2(CCCC2)C1=O. The first kappa shape index (κ1) is 12.4. The maximum atomic E-state index is 12.6. The molecule has 0 unspecified atom stereocenters. The molecule has 2 fully saturated rings. The van der Waals surface area contributed by atoms with E-state index >= 15 is 0 Å². The van der Waals surface area contributed by atoms with E-state index in [0.717, 1.165) is 32.2 Å². The van der Waals surface area contributed by atoms with Gasteiger partial charge in [-0.25, -0.2) is 0 Å². The second-order valence-corrected chi connectivity index (χ2v) is 5.73. The molecule has 0 aromatic heterocycles. The van der Waals surface area contributed by atoms with Gasteiger partial charge in [-0.15, -0.1) is 0 Å². The molecule has 17 heavy (non-hydrogen) atoms. The number of carbonyl (C=O) groups is 2. The van der Waals surface area contributed by atoms with Gasteiger partial charge in [0.05, 0.1) is 0 Å². The normalized spacial score (nSPS) is 24.3. The Kier molecular flexibility index (Phi) is 3.40. The van der Waals surface area contributed by atoms with Gasteiger partial charge in [0, 0.05) is 19.5 Å². The van der Waals surface area contributed by atoms with Crippen molar-refractivity contribution in [3.05, 3.63) is 0 Å². The van der Waals surface area contributed by atoms with Gasteiger partial charge in [0.2, 0.25) is 11.8 Å². The van der Waals surface area contributed by atoms with E-state index in [1.807, 2.05) is 4.90 Å². The van der Waals surface area contributed by atoms with Gasteiger partial charge in [-0.1, -0.05) is 26.7 Å². The summed E-state index contributed by atoms with van der Waals surface area (Å²) in [5.41, 5.74) is -0.567. The zero-order chi connectivity index (χ0) is 12.5. The Morgan fingerprint density at radius 1 is 1.29 bits per heavy atom. The van der Waals surface area contributed by atoms with E-state index in [-0.39, 0.29) is 11.8 Å². The monoisotopic (exact) mass is 238 g/mol. The van der Waals surface area contributed by atoms with E-state index in [4.69, 9.17) is 0 Å². The summed E-state index contributed by atoms with van der Waals surface area (Å²) in [5, 5.41) is 2.98. The van der Waals surface area contributed by atoms with Gasteiger partial charge in [-0.2, -0.15) is 0 Å². The fourth-order valence-electron chi connectivity index (χ4n) is 2.96. The maximum absolute atomic E-state index is 12.6. The van der Waals surface area contributed by atoms with Gasteiger partial charge in [0.25, 0.3) is 0 Å². The third kappa shape index (κ3) is 2.45. The minimum absolute atomic E-state index is 0.0338. The number of amides is 2. The summed E-state index contributed by atoms with van der Waals surface area (Å²) in [7, 11) is 0. The van der Waals surface area contributed by atoms with Gasteiger partial charge in [-0.05, 0) is 18.8 Å². The van der Waals surface area contributed by atoms with Crippen molar-refractivity contribution in [2.45, 2.75) is 51.5 Å². The van der Waals surface area contributed by atoms with Crippen molar-refractivity contribution < 1.29 is 9.59 Å². The lowest BCUT2D eigenvalue weighted by Crippen LogP contribution is -2.55. The molecule has 0 aromatic rings. The quantitative estimate of drug-likeness (QED) is 0.788. The molecule has 2 aliphatic rings. The molecule has 2 amide bonds. The zero-order valence-corrected chi connectivity index (χ0v) is 10.8. The second kappa shape index (κ2) is 4.67. The molecule has 1 N–H and O–H groups in total. The Bertz CT molecular complexity index is 319. The molecule has 1 aliphatic carbocycles. The molecule has 1 aliphatic heterocycles. The minimum atomic E-state index is -0.567. The summed E-state index contributed by atoms with van der Waals surface area (Å²) in [6, 6.07) is 0. The summed E-state index contributed by atoms with van der Waals surface area (Å²) in [6.07, 6.45) is 4.15. The standard InChI is InChI=1S/C13H22N2O2/c1-10(2)9-15-8-5-11(16)14-13(12(15)17)6-3-4-7-13/h10H,3-9H2,1-2H3,(H,14,16). The maximum Gasteiger partial charge on any atom is 0.248 e. The van der Waals surface area contributed by atoms with Gasteiger partial charge in [0.1, 0.15) is 5.54 Å². The second-order valence-electron chi connectivity index (χ2n) is 5.73. The number of nitrogens with zero attached hydrogens (tertiary/aromatic N) is 1. The molecule has 4 nitrogen and oxygen atoms in total. The lowest BCUT2D eigenvalue weighted by Gasteiger charge is -2.32. The predicted octanol–water partition coefficient (Wildman–Crippen LogP) is 1.30. The third-order valence-electron chi connectivity index (χ3n) is 3.73. The van der Waals surface area contributed by atoms with Crippen LogP contribution in [0.2, 0.25) is 0 Å². The van der Waals surface area contributed by atoms with Crippen LogP contribution in [0.25, 0.3) is 0 Å². The van der Waals surface area contributed by atoms with Crippen LogP contribution in [0.1, 0.15) is 46.0 Å². The van der Waals surface area contributed by atoms with Crippen LogP contribution in [-0.2, 0) is 9.59 Å². The highest BCUT2D eigenvalue weighted by atomic mass is 16.2. The van der Waals surface area contributed by atoms with E-state index in [2.05, 4.69) is 19.2 Å². The molecule has 96 valence electrons. The van der Waals surface area contributed by atoms with Gasteiger partial charge < -0.3 is 10.2 Å². The van der Waals surface area contributed by atoms with Gasteiger partial charge in [-0.3, -0.25) is 9.59 Å². The summed E-state index contributed by atoms with van der Waals surface area (Å²) in [6.45, 7) is 5.55. The van der Waals surface area contributed by atoms with E-state index in [1.54, 1.807) is 0 Å². The molecule has 2 rings (SSSR count). The molecule has 1 heterocycles. The first-order valence-electron chi connectivity index (χ1n) is 6.64. The highest BCUT2D eigenvalue weighted by Gasteiger charge is 2.46. The van der Waals surface area contributed by atoms with Crippen LogP contribution >= 0.6 is 0 Å². The van der Waals surface area contributed by atoms with Crippen molar-refractivity contribution in [2.75, 3.05) is 13.1 Å². The Morgan fingerprint density at radius 3 is 2.53 bits per heavy atom. The van der Waals surface area contributed by atoms with Crippen LogP contribution < -0.4 is 5.32 Å². The summed E-state index contributed by atoms with van der Waals surface area (Å²) >= 11 is 0. The third-order valence-corrected chi connectivity index (χ3v) is 3.73. The molecule has 1 saturated heterocycles. The average Bonchev–Trinajstić information content (AvgIpc) is 2.68. The molecular formula is C13H22N2O2. The van der Waals surface area contributed by atoms with Crippen molar-refractivity contribution in [1.29, 1.82) is 0 Å². The van der Waals surface area contributed by atoms with Crippen molar-refractivity contribution in [1.82, 2.24) is 10.2 Å². The van der Waals surface area contributed by atoms with Gasteiger partial charge >= 0.3 is 0 Å². The first-order chi connectivity index (χ1) is 8.03. The Labute approximate surface area is 103 Å². The number of hydrogen-bond donors (Lipinski definition) is 1. The average molecular weight is 238 g/mol. The lowest BCUT2D eigenvalue weighted by atomic mass is 9.95. The van der Waals surface area contributed by atoms with Crippen molar-refractivity contribution in [3.8, 4) is 0 Å². The predicted molar refractivity (Wildman–Crippen MR) is 65.4 cm³/mol. The van der Waals surface area contributed by atoms with Crippen LogP contribution in [0, 0.1) is 5.92 Å².